The summed E-state index contributed by atoms with van der Waals surface area (Å²) >= 11 is 2.09. The van der Waals surface area contributed by atoms with Crippen molar-refractivity contribution in [2.24, 2.45) is 5.92 Å². The van der Waals surface area contributed by atoms with Crippen LogP contribution in [-0.2, 0) is 4.74 Å². The Morgan fingerprint density at radius 2 is 2.17 bits per heavy atom. The molecule has 1 aliphatic heterocycles. The van der Waals surface area contributed by atoms with Crippen LogP contribution in [0, 0.1) is 5.92 Å². The molecule has 0 N–H and O–H groups in total. The van der Waals surface area contributed by atoms with Gasteiger partial charge >= 0.3 is 0 Å². The van der Waals surface area contributed by atoms with Crippen molar-refractivity contribution in [1.82, 2.24) is 0 Å². The third kappa shape index (κ3) is 4.05. The van der Waals surface area contributed by atoms with Crippen molar-refractivity contribution >= 4 is 11.8 Å². The van der Waals surface area contributed by atoms with Gasteiger partial charge in [0.05, 0.1) is 12.9 Å². The number of ether oxygens (including phenoxy) is 1. The number of rotatable bonds is 4. The maximum Gasteiger partial charge on any atom is 0.0875 e. The molecule has 0 atom stereocenters. The molecule has 0 spiro atoms. The zero-order valence-electron chi connectivity index (χ0n) is 7.79. The molecular weight excluding hydrogens is 168 g/mol. The van der Waals surface area contributed by atoms with E-state index in [-0.39, 0.29) is 0 Å². The molecule has 1 aliphatic rings. The lowest BCUT2D eigenvalue weighted by molar-refractivity contribution is 0.217. The Balaban J connectivity index is 1.97. The lowest BCUT2D eigenvalue weighted by atomic mass is 10.00. The van der Waals surface area contributed by atoms with Crippen molar-refractivity contribution in [3.63, 3.8) is 0 Å². The van der Waals surface area contributed by atoms with Crippen LogP contribution < -0.4 is 0 Å². The zero-order chi connectivity index (χ0) is 8.65. The number of hydrogen-bond acceptors (Lipinski definition) is 2. The van der Waals surface area contributed by atoms with Gasteiger partial charge in [0.25, 0.3) is 0 Å². The second-order valence-electron chi connectivity index (χ2n) is 3.18. The van der Waals surface area contributed by atoms with Gasteiger partial charge in [-0.05, 0) is 43.6 Å². The monoisotopic (exact) mass is 186 g/mol. The van der Waals surface area contributed by atoms with Gasteiger partial charge < -0.3 is 4.74 Å². The molecule has 0 radical (unpaired) electrons. The van der Waals surface area contributed by atoms with Crippen LogP contribution in [-0.4, -0.2) is 18.1 Å². The SMILES string of the molecule is C/C=C/OCCC1CCSCC1. The molecule has 1 saturated heterocycles. The van der Waals surface area contributed by atoms with Crippen molar-refractivity contribution in [3.8, 4) is 0 Å². The van der Waals surface area contributed by atoms with Gasteiger partial charge in [-0.1, -0.05) is 6.08 Å². The minimum Gasteiger partial charge on any atom is -0.502 e. The highest BCUT2D eigenvalue weighted by Gasteiger charge is 2.12. The largest absolute Gasteiger partial charge is 0.502 e. The lowest BCUT2D eigenvalue weighted by Crippen LogP contribution is -2.11. The van der Waals surface area contributed by atoms with Gasteiger partial charge in [0.15, 0.2) is 0 Å². The Hall–Kier alpha value is -0.110. The molecule has 0 aromatic heterocycles. The van der Waals surface area contributed by atoms with Gasteiger partial charge in [0.1, 0.15) is 0 Å². The summed E-state index contributed by atoms with van der Waals surface area (Å²) in [5.74, 6) is 3.64. The number of hydrogen-bond donors (Lipinski definition) is 0. The molecule has 12 heavy (non-hydrogen) atoms. The summed E-state index contributed by atoms with van der Waals surface area (Å²) in [6, 6.07) is 0. The van der Waals surface area contributed by atoms with E-state index in [9.17, 15) is 0 Å². The highest BCUT2D eigenvalue weighted by Crippen LogP contribution is 2.24. The van der Waals surface area contributed by atoms with Crippen molar-refractivity contribution in [2.75, 3.05) is 18.1 Å². The second-order valence-corrected chi connectivity index (χ2v) is 4.41. The molecule has 1 heterocycles. The predicted molar refractivity (Wildman–Crippen MR) is 55.4 cm³/mol. The van der Waals surface area contributed by atoms with E-state index < -0.39 is 0 Å². The predicted octanol–water partition coefficient (Wildman–Crippen LogP) is 3.07. The highest BCUT2D eigenvalue weighted by atomic mass is 32.2. The Labute approximate surface area is 79.6 Å². The molecule has 0 unspecified atom stereocenters. The third-order valence-corrected chi connectivity index (χ3v) is 3.27. The molecule has 0 aromatic carbocycles. The Kier molecular flexibility index (Phi) is 5.33. The van der Waals surface area contributed by atoms with E-state index >= 15 is 0 Å². The highest BCUT2D eigenvalue weighted by molar-refractivity contribution is 7.99. The molecule has 0 saturated carbocycles. The average molecular weight is 186 g/mol. The minimum atomic E-state index is 0.902. The van der Waals surface area contributed by atoms with Crippen LogP contribution in [0.5, 0.6) is 0 Å². The zero-order valence-corrected chi connectivity index (χ0v) is 8.61. The van der Waals surface area contributed by atoms with Gasteiger partial charge in [0.2, 0.25) is 0 Å². The topological polar surface area (TPSA) is 9.23 Å². The van der Waals surface area contributed by atoms with Gasteiger partial charge in [0, 0.05) is 0 Å². The Morgan fingerprint density at radius 1 is 1.42 bits per heavy atom. The van der Waals surface area contributed by atoms with Gasteiger partial charge in [-0.25, -0.2) is 0 Å². The van der Waals surface area contributed by atoms with Gasteiger partial charge in [-0.15, -0.1) is 0 Å². The Morgan fingerprint density at radius 3 is 2.83 bits per heavy atom. The standard InChI is InChI=1S/C10H18OS/c1-2-6-11-7-3-10-4-8-12-9-5-10/h2,6,10H,3-5,7-9H2,1H3/b6-2+. The minimum absolute atomic E-state index is 0.902. The molecule has 70 valence electrons. The van der Waals surface area contributed by atoms with E-state index in [0.29, 0.717) is 0 Å². The van der Waals surface area contributed by atoms with Crippen molar-refractivity contribution in [1.29, 1.82) is 0 Å². The summed E-state index contributed by atoms with van der Waals surface area (Å²) in [6.07, 6.45) is 7.76. The smallest absolute Gasteiger partial charge is 0.0875 e. The van der Waals surface area contributed by atoms with E-state index in [0.717, 1.165) is 12.5 Å². The molecule has 1 nitrogen and oxygen atoms in total. The van der Waals surface area contributed by atoms with Crippen LogP contribution in [0.3, 0.4) is 0 Å². The second kappa shape index (κ2) is 6.41. The van der Waals surface area contributed by atoms with E-state index in [1.807, 2.05) is 13.0 Å². The fourth-order valence-corrected chi connectivity index (χ4v) is 2.64. The van der Waals surface area contributed by atoms with Crippen molar-refractivity contribution < 1.29 is 4.74 Å². The summed E-state index contributed by atoms with van der Waals surface area (Å²) in [4.78, 5) is 0. The van der Waals surface area contributed by atoms with Gasteiger partial charge in [-0.2, -0.15) is 11.8 Å². The molecular formula is C10H18OS. The van der Waals surface area contributed by atoms with E-state index in [1.165, 1.54) is 30.8 Å². The maximum atomic E-state index is 5.30. The first-order valence-electron chi connectivity index (χ1n) is 4.74. The van der Waals surface area contributed by atoms with Crippen LogP contribution >= 0.6 is 11.8 Å². The molecule has 2 heteroatoms. The first kappa shape index (κ1) is 9.97. The van der Waals surface area contributed by atoms with E-state index in [1.54, 1.807) is 6.26 Å². The fraction of sp³-hybridized carbons (Fsp3) is 0.800. The summed E-state index contributed by atoms with van der Waals surface area (Å²) in [5, 5.41) is 0. The summed E-state index contributed by atoms with van der Waals surface area (Å²) in [6.45, 7) is 2.89. The number of thioether (sulfide) groups is 1. The maximum absolute atomic E-state index is 5.30. The first-order chi connectivity index (χ1) is 5.93. The quantitative estimate of drug-likeness (QED) is 0.493. The Bertz CT molecular complexity index is 128. The van der Waals surface area contributed by atoms with Crippen LogP contribution in [0.1, 0.15) is 26.2 Å². The number of allylic oxidation sites excluding steroid dienone is 1. The summed E-state index contributed by atoms with van der Waals surface area (Å²) in [5.41, 5.74) is 0. The van der Waals surface area contributed by atoms with Crippen molar-refractivity contribution in [2.45, 2.75) is 26.2 Å². The van der Waals surface area contributed by atoms with E-state index in [4.69, 9.17) is 4.74 Å². The fourth-order valence-electron chi connectivity index (χ4n) is 1.43. The van der Waals surface area contributed by atoms with Crippen LogP contribution in [0.15, 0.2) is 12.3 Å². The van der Waals surface area contributed by atoms with Crippen LogP contribution in [0.2, 0.25) is 0 Å². The molecule has 0 bridgehead atoms. The summed E-state index contributed by atoms with van der Waals surface area (Å²) < 4.78 is 5.30. The van der Waals surface area contributed by atoms with Gasteiger partial charge in [-0.3, -0.25) is 0 Å². The molecule has 0 aliphatic carbocycles. The average Bonchev–Trinajstić information content (AvgIpc) is 2.14. The lowest BCUT2D eigenvalue weighted by Gasteiger charge is -2.20. The molecule has 0 aromatic rings. The molecule has 1 fully saturated rings. The van der Waals surface area contributed by atoms with Crippen molar-refractivity contribution in [3.05, 3.63) is 12.3 Å². The molecule has 0 amide bonds. The van der Waals surface area contributed by atoms with E-state index in [2.05, 4.69) is 11.8 Å². The van der Waals surface area contributed by atoms with Crippen LogP contribution in [0.4, 0.5) is 0 Å². The normalized spacial score (nSPS) is 20.1. The molecule has 1 rings (SSSR count). The summed E-state index contributed by atoms with van der Waals surface area (Å²) in [7, 11) is 0. The van der Waals surface area contributed by atoms with Crippen LogP contribution in [0.25, 0.3) is 0 Å². The first-order valence-corrected chi connectivity index (χ1v) is 5.89. The third-order valence-electron chi connectivity index (χ3n) is 2.22.